The highest BCUT2D eigenvalue weighted by molar-refractivity contribution is 5.95. The van der Waals surface area contributed by atoms with Crippen molar-refractivity contribution in [2.45, 2.75) is 6.92 Å². The van der Waals surface area contributed by atoms with Gasteiger partial charge in [-0.05, 0) is 31.2 Å². The van der Waals surface area contributed by atoms with Crippen LogP contribution in [0.1, 0.15) is 12.5 Å². The first-order chi connectivity index (χ1) is 7.19. The Bertz CT molecular complexity index is 321. The molecule has 4 heteroatoms. The van der Waals surface area contributed by atoms with Gasteiger partial charge in [-0.25, -0.2) is 0 Å². The SMILES string of the molecule is CCN(CCO)c1ccc(C(=N)N)cc1. The van der Waals surface area contributed by atoms with Crippen LogP contribution in [-0.4, -0.2) is 30.6 Å². The second-order valence-corrected chi connectivity index (χ2v) is 3.26. The Kier molecular flexibility index (Phi) is 4.12. The summed E-state index contributed by atoms with van der Waals surface area (Å²) in [4.78, 5) is 2.06. The lowest BCUT2D eigenvalue weighted by atomic mass is 10.2. The fourth-order valence-corrected chi connectivity index (χ4v) is 1.44. The largest absolute Gasteiger partial charge is 0.395 e. The van der Waals surface area contributed by atoms with E-state index in [0.29, 0.717) is 6.54 Å². The van der Waals surface area contributed by atoms with Crippen LogP contribution in [0.25, 0.3) is 0 Å². The van der Waals surface area contributed by atoms with E-state index in [-0.39, 0.29) is 12.4 Å². The molecule has 1 aromatic rings. The normalized spacial score (nSPS) is 10.0. The molecule has 0 saturated heterocycles. The Morgan fingerprint density at radius 1 is 1.40 bits per heavy atom. The number of rotatable bonds is 5. The number of amidine groups is 1. The fourth-order valence-electron chi connectivity index (χ4n) is 1.44. The Morgan fingerprint density at radius 2 is 2.00 bits per heavy atom. The van der Waals surface area contributed by atoms with Crippen LogP contribution in [-0.2, 0) is 0 Å². The lowest BCUT2D eigenvalue weighted by Crippen LogP contribution is -2.26. The third-order valence-corrected chi connectivity index (χ3v) is 2.30. The van der Waals surface area contributed by atoms with Crippen LogP contribution in [0.4, 0.5) is 5.69 Å². The third-order valence-electron chi connectivity index (χ3n) is 2.30. The van der Waals surface area contributed by atoms with E-state index in [1.807, 2.05) is 31.2 Å². The molecule has 0 fully saturated rings. The lowest BCUT2D eigenvalue weighted by molar-refractivity contribution is 0.302. The molecule has 15 heavy (non-hydrogen) atoms. The zero-order valence-corrected chi connectivity index (χ0v) is 8.90. The molecule has 0 amide bonds. The maximum Gasteiger partial charge on any atom is 0.122 e. The van der Waals surface area contributed by atoms with Crippen molar-refractivity contribution in [1.29, 1.82) is 5.41 Å². The van der Waals surface area contributed by atoms with Gasteiger partial charge >= 0.3 is 0 Å². The van der Waals surface area contributed by atoms with Crippen LogP contribution < -0.4 is 10.6 Å². The van der Waals surface area contributed by atoms with Crippen LogP contribution in [0.15, 0.2) is 24.3 Å². The number of nitrogens with two attached hydrogens (primary N) is 1. The first kappa shape index (κ1) is 11.5. The molecular weight excluding hydrogens is 190 g/mol. The van der Waals surface area contributed by atoms with Gasteiger partial charge in [0.1, 0.15) is 5.84 Å². The minimum atomic E-state index is 0.0757. The van der Waals surface area contributed by atoms with Crippen molar-refractivity contribution >= 4 is 11.5 Å². The van der Waals surface area contributed by atoms with Crippen LogP contribution in [0.2, 0.25) is 0 Å². The van der Waals surface area contributed by atoms with E-state index >= 15 is 0 Å². The summed E-state index contributed by atoms with van der Waals surface area (Å²) >= 11 is 0. The van der Waals surface area contributed by atoms with Crippen LogP contribution in [0, 0.1) is 5.41 Å². The van der Waals surface area contributed by atoms with Crippen molar-refractivity contribution in [1.82, 2.24) is 0 Å². The predicted molar refractivity (Wildman–Crippen MR) is 62.4 cm³/mol. The van der Waals surface area contributed by atoms with Crippen LogP contribution in [0.3, 0.4) is 0 Å². The molecule has 0 aliphatic heterocycles. The predicted octanol–water partition coefficient (Wildman–Crippen LogP) is 0.789. The number of aliphatic hydroxyl groups excluding tert-OH is 1. The summed E-state index contributed by atoms with van der Waals surface area (Å²) in [5.41, 5.74) is 7.12. The van der Waals surface area contributed by atoms with Crippen LogP contribution >= 0.6 is 0 Å². The van der Waals surface area contributed by atoms with Gasteiger partial charge in [-0.2, -0.15) is 0 Å². The van der Waals surface area contributed by atoms with Gasteiger partial charge in [0.15, 0.2) is 0 Å². The molecule has 4 nitrogen and oxygen atoms in total. The van der Waals surface area contributed by atoms with E-state index in [0.717, 1.165) is 17.8 Å². The summed E-state index contributed by atoms with van der Waals surface area (Å²) in [7, 11) is 0. The molecule has 82 valence electrons. The molecule has 0 aliphatic rings. The smallest absolute Gasteiger partial charge is 0.122 e. The molecule has 0 atom stereocenters. The van der Waals surface area contributed by atoms with Gasteiger partial charge < -0.3 is 15.7 Å². The quantitative estimate of drug-likeness (QED) is 0.493. The molecule has 0 aromatic heterocycles. The molecule has 0 bridgehead atoms. The molecule has 0 aliphatic carbocycles. The average Bonchev–Trinajstić information content (AvgIpc) is 2.26. The maximum atomic E-state index is 8.88. The zero-order chi connectivity index (χ0) is 11.3. The van der Waals surface area contributed by atoms with Gasteiger partial charge in [0.05, 0.1) is 6.61 Å². The number of nitrogens with one attached hydrogen (secondary N) is 1. The van der Waals surface area contributed by atoms with E-state index in [1.165, 1.54) is 0 Å². The number of aliphatic hydroxyl groups is 1. The van der Waals surface area contributed by atoms with E-state index in [4.69, 9.17) is 16.2 Å². The van der Waals surface area contributed by atoms with Gasteiger partial charge in [-0.1, -0.05) is 0 Å². The van der Waals surface area contributed by atoms with Crippen molar-refractivity contribution in [3.8, 4) is 0 Å². The second kappa shape index (κ2) is 5.36. The second-order valence-electron chi connectivity index (χ2n) is 3.26. The molecule has 1 rings (SSSR count). The van der Waals surface area contributed by atoms with E-state index in [1.54, 1.807) is 0 Å². The Balaban J connectivity index is 2.81. The van der Waals surface area contributed by atoms with Gasteiger partial charge in [-0.15, -0.1) is 0 Å². The number of anilines is 1. The summed E-state index contributed by atoms with van der Waals surface area (Å²) < 4.78 is 0. The molecule has 0 unspecified atom stereocenters. The summed E-state index contributed by atoms with van der Waals surface area (Å²) in [6, 6.07) is 7.46. The van der Waals surface area contributed by atoms with Gasteiger partial charge in [0, 0.05) is 24.3 Å². The molecule has 4 N–H and O–H groups in total. The molecule has 0 saturated carbocycles. The van der Waals surface area contributed by atoms with E-state index in [9.17, 15) is 0 Å². The number of benzene rings is 1. The lowest BCUT2D eigenvalue weighted by Gasteiger charge is -2.22. The van der Waals surface area contributed by atoms with Crippen molar-refractivity contribution in [2.75, 3.05) is 24.6 Å². The van der Waals surface area contributed by atoms with E-state index < -0.39 is 0 Å². The molecule has 0 spiro atoms. The van der Waals surface area contributed by atoms with Crippen molar-refractivity contribution in [3.63, 3.8) is 0 Å². The van der Waals surface area contributed by atoms with Crippen LogP contribution in [0.5, 0.6) is 0 Å². The zero-order valence-electron chi connectivity index (χ0n) is 8.90. The Labute approximate surface area is 89.8 Å². The first-order valence-corrected chi connectivity index (χ1v) is 4.99. The molecule has 0 heterocycles. The Morgan fingerprint density at radius 3 is 2.40 bits per heavy atom. The molecule has 0 radical (unpaired) electrons. The number of likely N-dealkylation sites (N-methyl/N-ethyl adjacent to an activating group) is 1. The highest BCUT2D eigenvalue weighted by Crippen LogP contribution is 2.14. The molecular formula is C11H17N3O. The minimum absolute atomic E-state index is 0.0757. The summed E-state index contributed by atoms with van der Waals surface area (Å²) in [5, 5.41) is 16.1. The number of nitrogen functional groups attached to an aromatic ring is 1. The van der Waals surface area contributed by atoms with E-state index in [2.05, 4.69) is 4.90 Å². The number of hydrogen-bond donors (Lipinski definition) is 3. The highest BCUT2D eigenvalue weighted by Gasteiger charge is 2.03. The minimum Gasteiger partial charge on any atom is -0.395 e. The summed E-state index contributed by atoms with van der Waals surface area (Å²) in [6.07, 6.45) is 0. The standard InChI is InChI=1S/C11H17N3O/c1-2-14(7-8-15)10-5-3-9(4-6-10)11(12)13/h3-6,15H,2,7-8H2,1H3,(H3,12,13). The third kappa shape index (κ3) is 2.95. The van der Waals surface area contributed by atoms with Crippen molar-refractivity contribution in [2.24, 2.45) is 5.73 Å². The first-order valence-electron chi connectivity index (χ1n) is 4.99. The number of nitrogens with zero attached hydrogens (tertiary/aromatic N) is 1. The fraction of sp³-hybridized carbons (Fsp3) is 0.364. The maximum absolute atomic E-state index is 8.88. The molecule has 1 aromatic carbocycles. The number of hydrogen-bond acceptors (Lipinski definition) is 3. The van der Waals surface area contributed by atoms with Crippen molar-refractivity contribution in [3.05, 3.63) is 29.8 Å². The topological polar surface area (TPSA) is 73.3 Å². The summed E-state index contributed by atoms with van der Waals surface area (Å²) in [5.74, 6) is 0.0757. The Hall–Kier alpha value is -1.55. The van der Waals surface area contributed by atoms with Gasteiger partial charge in [0.25, 0.3) is 0 Å². The monoisotopic (exact) mass is 207 g/mol. The van der Waals surface area contributed by atoms with Crippen molar-refractivity contribution < 1.29 is 5.11 Å². The summed E-state index contributed by atoms with van der Waals surface area (Å²) in [6.45, 7) is 3.65. The highest BCUT2D eigenvalue weighted by atomic mass is 16.3. The van der Waals surface area contributed by atoms with Gasteiger partial charge in [-0.3, -0.25) is 5.41 Å². The van der Waals surface area contributed by atoms with Gasteiger partial charge in [0.2, 0.25) is 0 Å². The average molecular weight is 207 g/mol.